The fourth-order valence-electron chi connectivity index (χ4n) is 1.36. The Morgan fingerprint density at radius 2 is 1.71 bits per heavy atom. The lowest BCUT2D eigenvalue weighted by Gasteiger charge is -2.16. The van der Waals surface area contributed by atoms with Gasteiger partial charge in [-0.3, -0.25) is 0 Å². The second-order valence-corrected chi connectivity index (χ2v) is 5.88. The molecule has 1 unspecified atom stereocenters. The molecule has 0 aliphatic rings. The second kappa shape index (κ2) is 6.36. The predicted molar refractivity (Wildman–Crippen MR) is 69.3 cm³/mol. The number of thioether (sulfide) groups is 1. The van der Waals surface area contributed by atoms with E-state index in [4.69, 9.17) is 5.73 Å². The summed E-state index contributed by atoms with van der Waals surface area (Å²) in [4.78, 5) is 0.118. The Labute approximate surface area is 106 Å². The monoisotopic (exact) mass is 259 g/mol. The van der Waals surface area contributed by atoms with E-state index in [1.54, 1.807) is 0 Å². The fraction of sp³-hybridized carbons (Fsp3) is 0.538. The van der Waals surface area contributed by atoms with Crippen LogP contribution in [0.5, 0.6) is 0 Å². The van der Waals surface area contributed by atoms with Crippen molar-refractivity contribution >= 4 is 11.8 Å². The molecule has 1 aromatic carbocycles. The van der Waals surface area contributed by atoms with Crippen LogP contribution < -0.4 is 5.73 Å². The van der Waals surface area contributed by atoms with Gasteiger partial charge in [0.15, 0.2) is 0 Å². The van der Waals surface area contributed by atoms with Gasteiger partial charge in [0, 0.05) is 5.25 Å². The molecule has 96 valence electrons. The summed E-state index contributed by atoms with van der Waals surface area (Å²) in [6.45, 7) is 6.45. The Morgan fingerprint density at radius 1 is 1.18 bits per heavy atom. The van der Waals surface area contributed by atoms with Crippen LogP contribution in [0.15, 0.2) is 17.0 Å². The van der Waals surface area contributed by atoms with E-state index in [-0.39, 0.29) is 10.1 Å². The first-order chi connectivity index (χ1) is 7.95. The molecule has 0 fully saturated rings. The van der Waals surface area contributed by atoms with Gasteiger partial charge in [-0.2, -0.15) is 0 Å². The Kier molecular flexibility index (Phi) is 5.40. The van der Waals surface area contributed by atoms with Crippen LogP contribution in [0.1, 0.15) is 26.3 Å². The molecule has 0 aromatic heterocycles. The molecule has 2 N–H and O–H groups in total. The Balaban J connectivity index is 2.93. The first kappa shape index (κ1) is 14.5. The third-order valence-corrected chi connectivity index (χ3v) is 4.28. The van der Waals surface area contributed by atoms with E-state index in [0.717, 1.165) is 0 Å². The van der Waals surface area contributed by atoms with Crippen molar-refractivity contribution in [2.45, 2.75) is 37.3 Å². The van der Waals surface area contributed by atoms with Crippen molar-refractivity contribution in [3.8, 4) is 0 Å². The average Bonchev–Trinajstić information content (AvgIpc) is 2.23. The molecule has 17 heavy (non-hydrogen) atoms. The average molecular weight is 259 g/mol. The first-order valence-corrected chi connectivity index (χ1v) is 6.68. The Hall–Kier alpha value is -0.610. The van der Waals surface area contributed by atoms with Crippen LogP contribution in [0.4, 0.5) is 8.78 Å². The molecule has 0 radical (unpaired) electrons. The summed E-state index contributed by atoms with van der Waals surface area (Å²) in [7, 11) is 0. The Morgan fingerprint density at radius 3 is 2.12 bits per heavy atom. The minimum Gasteiger partial charge on any atom is -0.330 e. The zero-order chi connectivity index (χ0) is 13.0. The Bertz CT molecular complexity index is 357. The number of halogens is 2. The lowest BCUT2D eigenvalue weighted by atomic mass is 10.1. The molecule has 0 aliphatic carbocycles. The standard InChI is InChI=1S/C13H19F2NS/c1-8(2)9(3)17-13-11(14)6-10(4-5-16)7-12(13)15/h6-9H,4-5,16H2,1-3H3. The maximum atomic E-state index is 13.8. The van der Waals surface area contributed by atoms with Crippen LogP contribution >= 0.6 is 11.8 Å². The molecule has 0 saturated carbocycles. The zero-order valence-electron chi connectivity index (χ0n) is 10.5. The van der Waals surface area contributed by atoms with Crippen LogP contribution in [-0.2, 0) is 6.42 Å². The largest absolute Gasteiger partial charge is 0.330 e. The van der Waals surface area contributed by atoms with Gasteiger partial charge < -0.3 is 5.73 Å². The van der Waals surface area contributed by atoms with Crippen molar-refractivity contribution in [1.82, 2.24) is 0 Å². The third-order valence-electron chi connectivity index (χ3n) is 2.73. The first-order valence-electron chi connectivity index (χ1n) is 5.80. The fourth-order valence-corrected chi connectivity index (χ4v) is 2.34. The highest BCUT2D eigenvalue weighted by Crippen LogP contribution is 2.32. The van der Waals surface area contributed by atoms with Gasteiger partial charge in [-0.15, -0.1) is 11.8 Å². The van der Waals surface area contributed by atoms with Crippen LogP contribution in [0.2, 0.25) is 0 Å². The molecule has 0 bridgehead atoms. The van der Waals surface area contributed by atoms with Gasteiger partial charge in [0.05, 0.1) is 4.90 Å². The van der Waals surface area contributed by atoms with Crippen molar-refractivity contribution in [2.24, 2.45) is 11.7 Å². The number of hydrogen-bond donors (Lipinski definition) is 1. The smallest absolute Gasteiger partial charge is 0.140 e. The third kappa shape index (κ3) is 3.96. The molecule has 0 heterocycles. The van der Waals surface area contributed by atoms with Gasteiger partial charge in [0.1, 0.15) is 11.6 Å². The summed E-state index contributed by atoms with van der Waals surface area (Å²) in [6.07, 6.45) is 0.499. The summed E-state index contributed by atoms with van der Waals surface area (Å²) in [5.74, 6) is -0.584. The van der Waals surface area contributed by atoms with Gasteiger partial charge >= 0.3 is 0 Å². The molecule has 0 spiro atoms. The van der Waals surface area contributed by atoms with Crippen molar-refractivity contribution in [1.29, 1.82) is 0 Å². The topological polar surface area (TPSA) is 26.0 Å². The molecule has 1 rings (SSSR count). The van der Waals surface area contributed by atoms with E-state index >= 15 is 0 Å². The summed E-state index contributed by atoms with van der Waals surface area (Å²) in [6, 6.07) is 2.76. The minimum atomic E-state index is -0.481. The van der Waals surface area contributed by atoms with Crippen LogP contribution in [0.3, 0.4) is 0 Å². The van der Waals surface area contributed by atoms with E-state index < -0.39 is 11.6 Å². The van der Waals surface area contributed by atoms with E-state index in [2.05, 4.69) is 0 Å². The molecule has 0 saturated heterocycles. The number of hydrogen-bond acceptors (Lipinski definition) is 2. The predicted octanol–water partition coefficient (Wildman–Crippen LogP) is 3.60. The summed E-state index contributed by atoms with van der Waals surface area (Å²) >= 11 is 1.25. The summed E-state index contributed by atoms with van der Waals surface area (Å²) in [5, 5.41) is 0.180. The van der Waals surface area contributed by atoms with Crippen LogP contribution in [-0.4, -0.2) is 11.8 Å². The molecule has 1 nitrogen and oxygen atoms in total. The zero-order valence-corrected chi connectivity index (χ0v) is 11.3. The van der Waals surface area contributed by atoms with E-state index in [1.807, 2.05) is 20.8 Å². The van der Waals surface area contributed by atoms with Crippen LogP contribution in [0.25, 0.3) is 0 Å². The highest BCUT2D eigenvalue weighted by Gasteiger charge is 2.16. The van der Waals surface area contributed by atoms with Gasteiger partial charge in [0.2, 0.25) is 0 Å². The lowest BCUT2D eigenvalue weighted by molar-refractivity contribution is 0.534. The maximum absolute atomic E-state index is 13.8. The van der Waals surface area contributed by atoms with Gasteiger partial charge in [0.25, 0.3) is 0 Å². The molecule has 0 aliphatic heterocycles. The van der Waals surface area contributed by atoms with Crippen LogP contribution in [0, 0.1) is 17.6 Å². The molecule has 1 aromatic rings. The molecular weight excluding hydrogens is 240 g/mol. The van der Waals surface area contributed by atoms with Crippen molar-refractivity contribution in [2.75, 3.05) is 6.54 Å². The normalized spacial score (nSPS) is 13.1. The van der Waals surface area contributed by atoms with Crippen molar-refractivity contribution < 1.29 is 8.78 Å². The van der Waals surface area contributed by atoms with Gasteiger partial charge in [-0.25, -0.2) is 8.78 Å². The van der Waals surface area contributed by atoms with Gasteiger partial charge in [-0.1, -0.05) is 20.8 Å². The molecule has 1 atom stereocenters. The van der Waals surface area contributed by atoms with E-state index in [0.29, 0.717) is 24.4 Å². The van der Waals surface area contributed by atoms with Gasteiger partial charge in [-0.05, 0) is 36.6 Å². The highest BCUT2D eigenvalue weighted by atomic mass is 32.2. The maximum Gasteiger partial charge on any atom is 0.140 e. The minimum absolute atomic E-state index is 0.118. The molecule has 0 amide bonds. The second-order valence-electron chi connectivity index (χ2n) is 4.49. The van der Waals surface area contributed by atoms with E-state index in [1.165, 1.54) is 23.9 Å². The molecule has 4 heteroatoms. The number of nitrogens with two attached hydrogens (primary N) is 1. The number of benzene rings is 1. The lowest BCUT2D eigenvalue weighted by Crippen LogP contribution is -2.08. The quantitative estimate of drug-likeness (QED) is 0.818. The van der Waals surface area contributed by atoms with Crippen molar-refractivity contribution in [3.05, 3.63) is 29.3 Å². The van der Waals surface area contributed by atoms with Crippen molar-refractivity contribution in [3.63, 3.8) is 0 Å². The highest BCUT2D eigenvalue weighted by molar-refractivity contribution is 8.00. The summed E-state index contributed by atoms with van der Waals surface area (Å²) in [5.41, 5.74) is 5.98. The molecular formula is C13H19F2NS. The number of rotatable bonds is 5. The van der Waals surface area contributed by atoms with E-state index in [9.17, 15) is 8.78 Å². The summed E-state index contributed by atoms with van der Waals surface area (Å²) < 4.78 is 27.5. The SMILES string of the molecule is CC(C)C(C)Sc1c(F)cc(CCN)cc1F.